The molecule has 3 rings (SSSR count). The van der Waals surface area contributed by atoms with Crippen molar-refractivity contribution in [2.24, 2.45) is 0 Å². The van der Waals surface area contributed by atoms with Crippen LogP contribution in [0.4, 0.5) is 13.2 Å². The van der Waals surface area contributed by atoms with Gasteiger partial charge in [0.2, 0.25) is 0 Å². The zero-order valence-electron chi connectivity index (χ0n) is 14.0. The van der Waals surface area contributed by atoms with Gasteiger partial charge in [0.05, 0.1) is 12.1 Å². The third-order valence-electron chi connectivity index (χ3n) is 3.76. The molecule has 0 saturated carbocycles. The topological polar surface area (TPSA) is 46.9 Å². The van der Waals surface area contributed by atoms with E-state index < -0.39 is 18.6 Å². The number of amides is 1. The highest BCUT2D eigenvalue weighted by Gasteiger charge is 2.29. The Kier molecular flexibility index (Phi) is 5.51. The van der Waals surface area contributed by atoms with Crippen molar-refractivity contribution in [3.63, 3.8) is 0 Å². The molecule has 1 aromatic heterocycles. The van der Waals surface area contributed by atoms with E-state index >= 15 is 0 Å². The smallest absolute Gasteiger partial charge is 0.343 e. The Morgan fingerprint density at radius 2 is 1.74 bits per heavy atom. The molecule has 0 aliphatic carbocycles. The fourth-order valence-electron chi connectivity index (χ4n) is 2.54. The summed E-state index contributed by atoms with van der Waals surface area (Å²) in [4.78, 5) is 12.3. The molecule has 2 aromatic carbocycles. The van der Waals surface area contributed by atoms with E-state index in [1.54, 1.807) is 24.3 Å². The van der Waals surface area contributed by atoms with Crippen LogP contribution < -0.4 is 5.32 Å². The zero-order valence-corrected chi connectivity index (χ0v) is 14.8. The molecule has 0 unspecified atom stereocenters. The molecule has 1 amide bonds. The Hall–Kier alpha value is -2.80. The fourth-order valence-corrected chi connectivity index (χ4v) is 2.66. The minimum absolute atomic E-state index is 0.0671. The van der Waals surface area contributed by atoms with Gasteiger partial charge in [0.1, 0.15) is 12.2 Å². The van der Waals surface area contributed by atoms with Gasteiger partial charge in [-0.25, -0.2) is 0 Å². The summed E-state index contributed by atoms with van der Waals surface area (Å²) in [5.74, 6) is -0.836. The van der Waals surface area contributed by atoms with Crippen LogP contribution in [0.5, 0.6) is 0 Å². The Bertz CT molecular complexity index is 922. The van der Waals surface area contributed by atoms with Gasteiger partial charge in [-0.05, 0) is 17.7 Å². The minimum atomic E-state index is -4.49. The molecule has 27 heavy (non-hydrogen) atoms. The molecule has 1 N–H and O–H groups in total. The van der Waals surface area contributed by atoms with Crippen molar-refractivity contribution in [2.45, 2.75) is 12.7 Å². The molecule has 4 nitrogen and oxygen atoms in total. The van der Waals surface area contributed by atoms with Crippen molar-refractivity contribution in [2.75, 3.05) is 6.54 Å². The van der Waals surface area contributed by atoms with E-state index in [4.69, 9.17) is 11.6 Å². The maximum absolute atomic E-state index is 12.4. The molecule has 0 bridgehead atoms. The van der Waals surface area contributed by atoms with Crippen LogP contribution in [0.1, 0.15) is 15.9 Å². The Labute approximate surface area is 158 Å². The number of rotatable bonds is 5. The number of alkyl halides is 3. The first-order valence-corrected chi connectivity index (χ1v) is 8.42. The Morgan fingerprint density at radius 1 is 1.07 bits per heavy atom. The molecule has 0 fully saturated rings. The first kappa shape index (κ1) is 19.0. The third-order valence-corrected chi connectivity index (χ3v) is 4.01. The van der Waals surface area contributed by atoms with E-state index in [9.17, 15) is 18.0 Å². The summed E-state index contributed by atoms with van der Waals surface area (Å²) in [7, 11) is 0. The van der Waals surface area contributed by atoms with Crippen LogP contribution in [-0.2, 0) is 6.54 Å². The van der Waals surface area contributed by atoms with Crippen LogP contribution in [0.3, 0.4) is 0 Å². The maximum Gasteiger partial charge on any atom is 0.405 e. The minimum Gasteiger partial charge on any atom is -0.343 e. The SMILES string of the molecule is O=C(NCC(F)(F)F)c1cn(Cc2ccccc2)nc1-c1ccc(Cl)cc1. The number of nitrogens with one attached hydrogen (secondary N) is 1. The fraction of sp³-hybridized carbons (Fsp3) is 0.158. The van der Waals surface area contributed by atoms with Crippen molar-refractivity contribution < 1.29 is 18.0 Å². The molecule has 0 saturated heterocycles. The lowest BCUT2D eigenvalue weighted by Crippen LogP contribution is -2.33. The van der Waals surface area contributed by atoms with Crippen LogP contribution in [0.2, 0.25) is 5.02 Å². The van der Waals surface area contributed by atoms with Gasteiger partial charge in [0, 0.05) is 16.8 Å². The highest BCUT2D eigenvalue weighted by atomic mass is 35.5. The second-order valence-corrected chi connectivity index (χ2v) is 6.32. The largest absolute Gasteiger partial charge is 0.405 e. The number of benzene rings is 2. The van der Waals surface area contributed by atoms with Crippen molar-refractivity contribution in [3.8, 4) is 11.3 Å². The van der Waals surface area contributed by atoms with Gasteiger partial charge in [0.15, 0.2) is 0 Å². The van der Waals surface area contributed by atoms with Crippen molar-refractivity contribution in [3.05, 3.63) is 76.9 Å². The summed E-state index contributed by atoms with van der Waals surface area (Å²) in [5, 5.41) is 6.80. The number of hydrogen-bond acceptors (Lipinski definition) is 2. The summed E-state index contributed by atoms with van der Waals surface area (Å²) in [5.41, 5.74) is 1.90. The third kappa shape index (κ3) is 5.10. The molecule has 0 aliphatic heterocycles. The quantitative estimate of drug-likeness (QED) is 0.691. The standard InChI is InChI=1S/C19H15ClF3N3O/c20-15-8-6-14(7-9-15)17-16(18(27)24-12-19(21,22)23)11-26(25-17)10-13-4-2-1-3-5-13/h1-9,11H,10,12H2,(H,24,27). The molecular formula is C19H15ClF3N3O. The monoisotopic (exact) mass is 393 g/mol. The molecule has 3 aromatic rings. The van der Waals surface area contributed by atoms with Gasteiger partial charge in [-0.3, -0.25) is 9.48 Å². The Morgan fingerprint density at radius 3 is 2.37 bits per heavy atom. The van der Waals surface area contributed by atoms with E-state index in [0.717, 1.165) is 5.56 Å². The van der Waals surface area contributed by atoms with Crippen LogP contribution in [0.25, 0.3) is 11.3 Å². The number of carbonyl (C=O) groups is 1. The second-order valence-electron chi connectivity index (χ2n) is 5.88. The van der Waals surface area contributed by atoms with Gasteiger partial charge >= 0.3 is 6.18 Å². The lowest BCUT2D eigenvalue weighted by molar-refractivity contribution is -0.123. The molecule has 0 aliphatic rings. The van der Waals surface area contributed by atoms with Gasteiger partial charge in [0.25, 0.3) is 5.91 Å². The van der Waals surface area contributed by atoms with Crippen LogP contribution in [-0.4, -0.2) is 28.4 Å². The summed E-state index contributed by atoms with van der Waals surface area (Å²) in [6, 6.07) is 16.0. The second kappa shape index (κ2) is 7.84. The van der Waals surface area contributed by atoms with Crippen LogP contribution in [0.15, 0.2) is 60.8 Å². The average Bonchev–Trinajstić information content (AvgIpc) is 3.04. The van der Waals surface area contributed by atoms with E-state index in [1.165, 1.54) is 10.9 Å². The number of aromatic nitrogens is 2. The summed E-state index contributed by atoms with van der Waals surface area (Å²) >= 11 is 5.88. The van der Waals surface area contributed by atoms with E-state index in [0.29, 0.717) is 22.8 Å². The van der Waals surface area contributed by atoms with E-state index in [-0.39, 0.29) is 5.56 Å². The lowest BCUT2D eigenvalue weighted by Gasteiger charge is -2.08. The van der Waals surface area contributed by atoms with Crippen LogP contribution >= 0.6 is 11.6 Å². The van der Waals surface area contributed by atoms with Crippen molar-refractivity contribution in [1.82, 2.24) is 15.1 Å². The first-order valence-electron chi connectivity index (χ1n) is 8.04. The zero-order chi connectivity index (χ0) is 19.4. The van der Waals surface area contributed by atoms with Gasteiger partial charge < -0.3 is 5.32 Å². The number of hydrogen-bond donors (Lipinski definition) is 1. The van der Waals surface area contributed by atoms with Crippen molar-refractivity contribution >= 4 is 17.5 Å². The molecule has 8 heteroatoms. The normalized spacial score (nSPS) is 11.4. The van der Waals surface area contributed by atoms with E-state index in [1.807, 2.05) is 35.6 Å². The number of halogens is 4. The highest BCUT2D eigenvalue weighted by Crippen LogP contribution is 2.24. The lowest BCUT2D eigenvalue weighted by atomic mass is 10.1. The van der Waals surface area contributed by atoms with Crippen LogP contribution in [0, 0.1) is 0 Å². The molecule has 0 atom stereocenters. The predicted octanol–water partition coefficient (Wildman–Crippen LogP) is 4.54. The van der Waals surface area contributed by atoms with Gasteiger partial charge in [-0.2, -0.15) is 18.3 Å². The molecular weight excluding hydrogens is 379 g/mol. The van der Waals surface area contributed by atoms with E-state index in [2.05, 4.69) is 5.10 Å². The molecule has 140 valence electrons. The van der Waals surface area contributed by atoms with Gasteiger partial charge in [-0.15, -0.1) is 0 Å². The molecule has 1 heterocycles. The summed E-state index contributed by atoms with van der Waals surface area (Å²) in [6.45, 7) is -1.02. The van der Waals surface area contributed by atoms with Crippen molar-refractivity contribution in [1.29, 1.82) is 0 Å². The maximum atomic E-state index is 12.4. The number of carbonyl (C=O) groups excluding carboxylic acids is 1. The predicted molar refractivity (Wildman–Crippen MR) is 96.6 cm³/mol. The number of nitrogens with zero attached hydrogens (tertiary/aromatic N) is 2. The Balaban J connectivity index is 1.93. The van der Waals surface area contributed by atoms with Gasteiger partial charge in [-0.1, -0.05) is 54.1 Å². The average molecular weight is 394 g/mol. The summed E-state index contributed by atoms with van der Waals surface area (Å²) < 4.78 is 38.9. The molecule has 0 spiro atoms. The highest BCUT2D eigenvalue weighted by molar-refractivity contribution is 6.30. The molecule has 0 radical (unpaired) electrons. The summed E-state index contributed by atoms with van der Waals surface area (Å²) in [6.07, 6.45) is -3.04. The first-order chi connectivity index (χ1) is 12.8.